The Balaban J connectivity index is 1.84. The Bertz CT molecular complexity index is 645. The molecule has 1 amide bonds. The second-order valence-corrected chi connectivity index (χ2v) is 6.67. The molecule has 0 heterocycles. The van der Waals surface area contributed by atoms with E-state index in [1.54, 1.807) is 0 Å². The standard InChI is InChI=1S/C18H20BrNO/c19-16-11-12-17(15-10-6-5-9-14(15)16)20-18(21)13-7-3-1-2-4-8-13/h5-6,9-13H,1-4,7-8H2,(H,20,21). The summed E-state index contributed by atoms with van der Waals surface area (Å²) in [5, 5.41) is 5.38. The molecule has 1 aliphatic rings. The van der Waals surface area contributed by atoms with Crippen molar-refractivity contribution in [3.05, 3.63) is 40.9 Å². The second-order valence-electron chi connectivity index (χ2n) is 5.82. The van der Waals surface area contributed by atoms with Gasteiger partial charge in [0.05, 0.1) is 0 Å². The largest absolute Gasteiger partial charge is 0.325 e. The van der Waals surface area contributed by atoms with Crippen molar-refractivity contribution in [1.29, 1.82) is 0 Å². The SMILES string of the molecule is O=C(Nc1ccc(Br)c2ccccc12)C1CCCCCC1. The van der Waals surface area contributed by atoms with Crippen molar-refractivity contribution in [1.82, 2.24) is 0 Å². The summed E-state index contributed by atoms with van der Waals surface area (Å²) >= 11 is 3.57. The third-order valence-corrected chi connectivity index (χ3v) is 5.05. The molecule has 3 heteroatoms. The average molecular weight is 346 g/mol. The number of hydrogen-bond donors (Lipinski definition) is 1. The number of hydrogen-bond acceptors (Lipinski definition) is 1. The van der Waals surface area contributed by atoms with Crippen molar-refractivity contribution < 1.29 is 4.79 Å². The molecular formula is C18H20BrNO. The molecule has 0 unspecified atom stereocenters. The topological polar surface area (TPSA) is 29.1 Å². The van der Waals surface area contributed by atoms with Gasteiger partial charge in [0.15, 0.2) is 0 Å². The number of amides is 1. The Morgan fingerprint density at radius 3 is 2.33 bits per heavy atom. The molecular weight excluding hydrogens is 326 g/mol. The maximum Gasteiger partial charge on any atom is 0.227 e. The summed E-state index contributed by atoms with van der Waals surface area (Å²) in [6.07, 6.45) is 6.95. The molecule has 1 saturated carbocycles. The first kappa shape index (κ1) is 14.6. The average Bonchev–Trinajstić information content (AvgIpc) is 2.79. The summed E-state index contributed by atoms with van der Waals surface area (Å²) in [4.78, 5) is 12.5. The van der Waals surface area contributed by atoms with E-state index < -0.39 is 0 Å². The number of rotatable bonds is 2. The van der Waals surface area contributed by atoms with Crippen LogP contribution in [0.25, 0.3) is 10.8 Å². The molecule has 2 aromatic carbocycles. The molecule has 2 nitrogen and oxygen atoms in total. The van der Waals surface area contributed by atoms with Gasteiger partial charge in [-0.25, -0.2) is 0 Å². The van der Waals surface area contributed by atoms with Gasteiger partial charge in [-0.1, -0.05) is 65.9 Å². The van der Waals surface area contributed by atoms with Crippen molar-refractivity contribution in [2.75, 3.05) is 5.32 Å². The van der Waals surface area contributed by atoms with Gasteiger partial charge in [0.25, 0.3) is 0 Å². The van der Waals surface area contributed by atoms with Gasteiger partial charge in [0.1, 0.15) is 0 Å². The van der Waals surface area contributed by atoms with Crippen LogP contribution in [0.1, 0.15) is 38.5 Å². The van der Waals surface area contributed by atoms with Crippen LogP contribution in [0.15, 0.2) is 40.9 Å². The molecule has 1 fully saturated rings. The van der Waals surface area contributed by atoms with E-state index in [9.17, 15) is 4.79 Å². The first-order valence-electron chi connectivity index (χ1n) is 7.74. The minimum absolute atomic E-state index is 0.176. The molecule has 21 heavy (non-hydrogen) atoms. The highest BCUT2D eigenvalue weighted by molar-refractivity contribution is 9.10. The maximum absolute atomic E-state index is 12.5. The second kappa shape index (κ2) is 6.61. The lowest BCUT2D eigenvalue weighted by atomic mass is 9.99. The van der Waals surface area contributed by atoms with Crippen LogP contribution >= 0.6 is 15.9 Å². The lowest BCUT2D eigenvalue weighted by molar-refractivity contribution is -0.120. The minimum atomic E-state index is 0.176. The van der Waals surface area contributed by atoms with E-state index in [-0.39, 0.29) is 11.8 Å². The van der Waals surface area contributed by atoms with Gasteiger partial charge < -0.3 is 5.32 Å². The van der Waals surface area contributed by atoms with Crippen molar-refractivity contribution in [3.8, 4) is 0 Å². The van der Waals surface area contributed by atoms with Crippen LogP contribution in [0.4, 0.5) is 5.69 Å². The molecule has 0 aliphatic heterocycles. The number of halogens is 1. The van der Waals surface area contributed by atoms with Gasteiger partial charge in [-0.15, -0.1) is 0 Å². The quantitative estimate of drug-likeness (QED) is 0.714. The first-order valence-corrected chi connectivity index (χ1v) is 8.53. The normalized spacial score (nSPS) is 16.6. The smallest absolute Gasteiger partial charge is 0.227 e. The van der Waals surface area contributed by atoms with E-state index in [2.05, 4.69) is 33.4 Å². The molecule has 0 radical (unpaired) electrons. The summed E-state index contributed by atoms with van der Waals surface area (Å²) in [6.45, 7) is 0. The van der Waals surface area contributed by atoms with Crippen LogP contribution in [0.5, 0.6) is 0 Å². The van der Waals surface area contributed by atoms with Crippen LogP contribution in [-0.4, -0.2) is 5.91 Å². The van der Waals surface area contributed by atoms with Gasteiger partial charge in [0.2, 0.25) is 5.91 Å². The number of fused-ring (bicyclic) bond motifs is 1. The Morgan fingerprint density at radius 1 is 0.952 bits per heavy atom. The first-order chi connectivity index (χ1) is 10.3. The summed E-state index contributed by atoms with van der Waals surface area (Å²) < 4.78 is 1.06. The molecule has 1 N–H and O–H groups in total. The molecule has 2 aromatic rings. The fraction of sp³-hybridized carbons (Fsp3) is 0.389. The molecule has 0 atom stereocenters. The molecule has 0 saturated heterocycles. The van der Waals surface area contributed by atoms with Gasteiger partial charge in [-0.2, -0.15) is 0 Å². The summed E-state index contributed by atoms with van der Waals surface area (Å²) in [5.74, 6) is 0.360. The van der Waals surface area contributed by atoms with Gasteiger partial charge in [0, 0.05) is 21.5 Å². The zero-order valence-corrected chi connectivity index (χ0v) is 13.7. The minimum Gasteiger partial charge on any atom is -0.325 e. The molecule has 0 bridgehead atoms. The van der Waals surface area contributed by atoms with Crippen molar-refractivity contribution in [2.24, 2.45) is 5.92 Å². The monoisotopic (exact) mass is 345 g/mol. The summed E-state index contributed by atoms with van der Waals surface area (Å²) in [5.41, 5.74) is 0.919. The van der Waals surface area contributed by atoms with Crippen LogP contribution in [0.2, 0.25) is 0 Å². The van der Waals surface area contributed by atoms with Crippen LogP contribution in [0.3, 0.4) is 0 Å². The fourth-order valence-electron chi connectivity index (χ4n) is 3.15. The highest BCUT2D eigenvalue weighted by Gasteiger charge is 2.20. The van der Waals surface area contributed by atoms with Crippen molar-refractivity contribution in [2.45, 2.75) is 38.5 Å². The van der Waals surface area contributed by atoms with E-state index in [4.69, 9.17) is 0 Å². The lowest BCUT2D eigenvalue weighted by Gasteiger charge is -2.16. The van der Waals surface area contributed by atoms with Crippen molar-refractivity contribution >= 4 is 38.3 Å². The lowest BCUT2D eigenvalue weighted by Crippen LogP contribution is -2.22. The third-order valence-electron chi connectivity index (χ3n) is 4.35. The van der Waals surface area contributed by atoms with E-state index >= 15 is 0 Å². The van der Waals surface area contributed by atoms with Crippen LogP contribution < -0.4 is 5.32 Å². The maximum atomic E-state index is 12.5. The Hall–Kier alpha value is -1.35. The van der Waals surface area contributed by atoms with Gasteiger partial charge >= 0.3 is 0 Å². The molecule has 110 valence electrons. The zero-order chi connectivity index (χ0) is 14.7. The van der Waals surface area contributed by atoms with E-state index in [1.807, 2.05) is 24.3 Å². The number of benzene rings is 2. The number of carbonyl (C=O) groups is 1. The highest BCUT2D eigenvalue weighted by atomic mass is 79.9. The van der Waals surface area contributed by atoms with Crippen LogP contribution in [0, 0.1) is 5.92 Å². The Morgan fingerprint density at radius 2 is 1.62 bits per heavy atom. The van der Waals surface area contributed by atoms with E-state index in [0.717, 1.165) is 33.8 Å². The van der Waals surface area contributed by atoms with E-state index in [1.165, 1.54) is 25.7 Å². The zero-order valence-electron chi connectivity index (χ0n) is 12.1. The Kier molecular flexibility index (Phi) is 4.59. The molecule has 1 aliphatic carbocycles. The van der Waals surface area contributed by atoms with Crippen LogP contribution in [-0.2, 0) is 4.79 Å². The van der Waals surface area contributed by atoms with E-state index in [0.29, 0.717) is 0 Å². The van der Waals surface area contributed by atoms with Gasteiger partial charge in [-0.3, -0.25) is 4.79 Å². The summed E-state index contributed by atoms with van der Waals surface area (Å²) in [7, 11) is 0. The van der Waals surface area contributed by atoms with Gasteiger partial charge in [-0.05, 0) is 30.4 Å². The summed E-state index contributed by atoms with van der Waals surface area (Å²) in [6, 6.07) is 12.1. The highest BCUT2D eigenvalue weighted by Crippen LogP contribution is 2.31. The van der Waals surface area contributed by atoms with Crippen molar-refractivity contribution in [3.63, 3.8) is 0 Å². The number of nitrogens with one attached hydrogen (secondary N) is 1. The molecule has 0 spiro atoms. The number of anilines is 1. The predicted molar refractivity (Wildman–Crippen MR) is 91.5 cm³/mol. The molecule has 0 aromatic heterocycles. The molecule has 3 rings (SSSR count). The Labute approximate surface area is 134 Å². The fourth-order valence-corrected chi connectivity index (χ4v) is 3.63. The predicted octanol–water partition coefficient (Wildman–Crippen LogP) is 5.51. The third kappa shape index (κ3) is 3.29. The number of carbonyl (C=O) groups excluding carboxylic acids is 1.